The number of hydrogen-bond acceptors (Lipinski definition) is 5. The fraction of sp³-hybridized carbons (Fsp3) is 0.667. The van der Waals surface area contributed by atoms with E-state index in [1.54, 1.807) is 0 Å². The van der Waals surface area contributed by atoms with Crippen molar-refractivity contribution in [3.8, 4) is 6.07 Å². The molecule has 0 spiro atoms. The molecule has 0 aromatic carbocycles. The van der Waals surface area contributed by atoms with E-state index in [2.05, 4.69) is 21.2 Å². The third-order valence-electron chi connectivity index (χ3n) is 2.02. The molecule has 82 valence electrons. The number of hydrogen-bond donors (Lipinski definition) is 0. The molecule has 0 N–H and O–H groups in total. The first-order chi connectivity index (χ1) is 7.27. The number of nitriles is 1. The summed E-state index contributed by atoms with van der Waals surface area (Å²) in [4.78, 5) is 2.12. The average molecular weight is 242 g/mol. The highest BCUT2D eigenvalue weighted by Crippen LogP contribution is 2.15. The summed E-state index contributed by atoms with van der Waals surface area (Å²) in [7, 11) is 2.03. The molecule has 6 heteroatoms. The van der Waals surface area contributed by atoms with Crippen LogP contribution in [0.15, 0.2) is 10.2 Å². The molecule has 1 aliphatic heterocycles. The van der Waals surface area contributed by atoms with E-state index in [-0.39, 0.29) is 0 Å². The SMILES string of the molecule is CS/C(=N\N=C1/CCCN1C)SCC#N. The Hall–Kier alpha value is -0.670. The quantitative estimate of drug-likeness (QED) is 0.422. The van der Waals surface area contributed by atoms with Gasteiger partial charge in [-0.1, -0.05) is 11.8 Å². The third-order valence-corrected chi connectivity index (χ3v) is 3.90. The van der Waals surface area contributed by atoms with E-state index >= 15 is 0 Å². The van der Waals surface area contributed by atoms with Gasteiger partial charge in [0, 0.05) is 20.0 Å². The monoisotopic (exact) mass is 242 g/mol. The van der Waals surface area contributed by atoms with Crippen LogP contribution in [0.1, 0.15) is 12.8 Å². The molecule has 4 nitrogen and oxygen atoms in total. The molecule has 15 heavy (non-hydrogen) atoms. The van der Waals surface area contributed by atoms with Crippen LogP contribution in [0.25, 0.3) is 0 Å². The highest BCUT2D eigenvalue weighted by molar-refractivity contribution is 8.38. The molecule has 0 amide bonds. The molecule has 1 rings (SSSR count). The molecule has 0 aromatic heterocycles. The molecule has 1 fully saturated rings. The molecule has 0 aliphatic carbocycles. The molecule has 1 saturated heterocycles. The van der Waals surface area contributed by atoms with Crippen LogP contribution in [0.5, 0.6) is 0 Å². The van der Waals surface area contributed by atoms with Crippen molar-refractivity contribution in [1.82, 2.24) is 4.90 Å². The van der Waals surface area contributed by atoms with Gasteiger partial charge in [-0.05, 0) is 12.7 Å². The van der Waals surface area contributed by atoms with E-state index in [0.29, 0.717) is 5.75 Å². The largest absolute Gasteiger partial charge is 0.362 e. The summed E-state index contributed by atoms with van der Waals surface area (Å²) in [5.74, 6) is 1.47. The summed E-state index contributed by atoms with van der Waals surface area (Å²) in [6.07, 6.45) is 4.11. The Bertz CT molecular complexity index is 306. The van der Waals surface area contributed by atoms with Crippen LogP contribution in [0.3, 0.4) is 0 Å². The van der Waals surface area contributed by atoms with Crippen molar-refractivity contribution in [3.05, 3.63) is 0 Å². The van der Waals surface area contributed by atoms with E-state index < -0.39 is 0 Å². The first kappa shape index (κ1) is 12.4. The molecular formula is C9H14N4S2. The van der Waals surface area contributed by atoms with Crippen molar-refractivity contribution in [3.63, 3.8) is 0 Å². The normalized spacial score (nSPS) is 19.7. The molecule has 0 bridgehead atoms. The van der Waals surface area contributed by atoms with Gasteiger partial charge >= 0.3 is 0 Å². The molecule has 1 heterocycles. The van der Waals surface area contributed by atoms with E-state index in [1.807, 2.05) is 13.3 Å². The zero-order valence-corrected chi connectivity index (χ0v) is 10.6. The highest BCUT2D eigenvalue weighted by atomic mass is 32.2. The maximum Gasteiger partial charge on any atom is 0.153 e. The molecule has 0 radical (unpaired) electrons. The van der Waals surface area contributed by atoms with E-state index in [1.165, 1.54) is 23.5 Å². The zero-order chi connectivity index (χ0) is 11.1. The van der Waals surface area contributed by atoms with E-state index in [9.17, 15) is 0 Å². The van der Waals surface area contributed by atoms with Gasteiger partial charge < -0.3 is 4.90 Å². The fourth-order valence-corrected chi connectivity index (χ4v) is 2.30. The second-order valence-electron chi connectivity index (χ2n) is 3.06. The minimum atomic E-state index is 0.431. The van der Waals surface area contributed by atoms with Gasteiger partial charge in [0.2, 0.25) is 0 Å². The van der Waals surface area contributed by atoms with E-state index in [4.69, 9.17) is 5.26 Å². The van der Waals surface area contributed by atoms with Crippen molar-refractivity contribution in [2.45, 2.75) is 12.8 Å². The third kappa shape index (κ3) is 4.14. The Labute approximate surface area is 98.8 Å². The van der Waals surface area contributed by atoms with Gasteiger partial charge in [0.15, 0.2) is 4.38 Å². The van der Waals surface area contributed by atoms with Crippen LogP contribution in [0, 0.1) is 11.3 Å². The minimum absolute atomic E-state index is 0.431. The van der Waals surface area contributed by atoms with Crippen molar-refractivity contribution in [2.75, 3.05) is 25.6 Å². The summed E-state index contributed by atoms with van der Waals surface area (Å²) in [5.41, 5.74) is 0. The van der Waals surface area contributed by atoms with Crippen molar-refractivity contribution in [2.24, 2.45) is 10.2 Å². The first-order valence-corrected chi connectivity index (χ1v) is 6.88. The van der Waals surface area contributed by atoms with Gasteiger partial charge in [-0.25, -0.2) is 0 Å². The predicted molar refractivity (Wildman–Crippen MR) is 68.3 cm³/mol. The Morgan fingerprint density at radius 3 is 3.00 bits per heavy atom. The van der Waals surface area contributed by atoms with Crippen LogP contribution >= 0.6 is 23.5 Å². The van der Waals surface area contributed by atoms with Gasteiger partial charge in [-0.15, -0.1) is 22.0 Å². The number of rotatable bonds is 2. The molecule has 0 atom stereocenters. The van der Waals surface area contributed by atoms with Gasteiger partial charge in [0.05, 0.1) is 11.8 Å². The lowest BCUT2D eigenvalue weighted by Gasteiger charge is -2.08. The maximum absolute atomic E-state index is 8.45. The van der Waals surface area contributed by atoms with Gasteiger partial charge in [-0.2, -0.15) is 5.26 Å². The second-order valence-corrected chi connectivity index (χ2v) is 5.08. The van der Waals surface area contributed by atoms with Crippen LogP contribution in [0.4, 0.5) is 0 Å². The topological polar surface area (TPSA) is 51.8 Å². The van der Waals surface area contributed by atoms with Crippen LogP contribution < -0.4 is 0 Å². The highest BCUT2D eigenvalue weighted by Gasteiger charge is 2.13. The lowest BCUT2D eigenvalue weighted by molar-refractivity contribution is 0.548. The van der Waals surface area contributed by atoms with Crippen LogP contribution in [-0.2, 0) is 0 Å². The molecule has 0 saturated carbocycles. The summed E-state index contributed by atoms with van der Waals surface area (Å²) in [6.45, 7) is 1.06. The van der Waals surface area contributed by atoms with Crippen molar-refractivity contribution >= 4 is 33.7 Å². The summed E-state index contributed by atoms with van der Waals surface area (Å²) >= 11 is 2.96. The zero-order valence-electron chi connectivity index (χ0n) is 8.93. The fourth-order valence-electron chi connectivity index (χ4n) is 1.24. The summed E-state index contributed by atoms with van der Waals surface area (Å²) in [6, 6.07) is 2.08. The molecular weight excluding hydrogens is 228 g/mol. The number of thioether (sulfide) groups is 2. The van der Waals surface area contributed by atoms with Gasteiger partial charge in [0.25, 0.3) is 0 Å². The minimum Gasteiger partial charge on any atom is -0.362 e. The lowest BCUT2D eigenvalue weighted by atomic mass is 10.4. The smallest absolute Gasteiger partial charge is 0.153 e. The van der Waals surface area contributed by atoms with Gasteiger partial charge in [0.1, 0.15) is 5.84 Å². The second kappa shape index (κ2) is 6.75. The van der Waals surface area contributed by atoms with E-state index in [0.717, 1.165) is 29.6 Å². The summed E-state index contributed by atoms with van der Waals surface area (Å²) < 4.78 is 0.851. The first-order valence-electron chi connectivity index (χ1n) is 4.67. The summed E-state index contributed by atoms with van der Waals surface area (Å²) in [5, 5.41) is 16.8. The van der Waals surface area contributed by atoms with Crippen molar-refractivity contribution in [1.29, 1.82) is 5.26 Å². The molecule has 1 aliphatic rings. The maximum atomic E-state index is 8.45. The molecule has 0 unspecified atom stereocenters. The molecule has 0 aromatic rings. The Kier molecular flexibility index (Phi) is 5.58. The standard InChI is InChI=1S/C9H14N4S2/c1-13-6-3-4-8(13)11-12-9(14-2)15-7-5-10/h3-4,6-7H2,1-2H3/b11-8+,12-9+. The number of nitrogens with zero attached hydrogens (tertiary/aromatic N) is 4. The number of likely N-dealkylation sites (tertiary alicyclic amines) is 1. The Morgan fingerprint density at radius 1 is 1.67 bits per heavy atom. The van der Waals surface area contributed by atoms with Crippen molar-refractivity contribution < 1.29 is 0 Å². The Balaban J connectivity index is 2.56. The number of amidine groups is 1. The lowest BCUT2D eigenvalue weighted by Crippen LogP contribution is -2.18. The van der Waals surface area contributed by atoms with Crippen LogP contribution in [-0.4, -0.2) is 40.7 Å². The van der Waals surface area contributed by atoms with Crippen LogP contribution in [0.2, 0.25) is 0 Å². The Morgan fingerprint density at radius 2 is 2.47 bits per heavy atom. The van der Waals surface area contributed by atoms with Gasteiger partial charge in [-0.3, -0.25) is 0 Å². The average Bonchev–Trinajstić information content (AvgIpc) is 2.65. The predicted octanol–water partition coefficient (Wildman–Crippen LogP) is 2.00.